The lowest BCUT2D eigenvalue weighted by molar-refractivity contribution is -0.118. The van der Waals surface area contributed by atoms with E-state index in [0.29, 0.717) is 10.8 Å². The van der Waals surface area contributed by atoms with Gasteiger partial charge in [0.15, 0.2) is 0 Å². The van der Waals surface area contributed by atoms with E-state index < -0.39 is 0 Å². The summed E-state index contributed by atoms with van der Waals surface area (Å²) < 4.78 is 2.10. The number of anilines is 1. The molecule has 122 valence electrons. The number of aryl methyl sites for hydroxylation is 2. The van der Waals surface area contributed by atoms with Crippen molar-refractivity contribution in [1.29, 1.82) is 0 Å². The highest BCUT2D eigenvalue weighted by Crippen LogP contribution is 2.15. The molecular formula is C15H19ClN6O. The number of nitrogens with one attached hydrogen (secondary N) is 2. The van der Waals surface area contributed by atoms with Gasteiger partial charge in [-0.25, -0.2) is 4.98 Å². The summed E-state index contributed by atoms with van der Waals surface area (Å²) in [4.78, 5) is 16.3. The number of carbonyl (C=O) groups is 1. The number of pyridine rings is 1. The molecule has 0 aromatic carbocycles. The predicted molar refractivity (Wildman–Crippen MR) is 87.3 cm³/mol. The van der Waals surface area contributed by atoms with Gasteiger partial charge < -0.3 is 15.2 Å². The lowest BCUT2D eigenvalue weighted by Gasteiger charge is -2.27. The first kappa shape index (κ1) is 15.9. The van der Waals surface area contributed by atoms with E-state index >= 15 is 0 Å². The van der Waals surface area contributed by atoms with Crippen molar-refractivity contribution >= 4 is 23.3 Å². The van der Waals surface area contributed by atoms with Crippen LogP contribution in [0.5, 0.6) is 0 Å². The summed E-state index contributed by atoms with van der Waals surface area (Å²) in [5, 5.41) is 14.9. The number of hydrogen-bond acceptors (Lipinski definition) is 5. The molecule has 1 aliphatic rings. The van der Waals surface area contributed by atoms with Gasteiger partial charge in [0.2, 0.25) is 5.91 Å². The number of fused-ring (bicyclic) bond motifs is 1. The molecule has 0 aliphatic carbocycles. The second-order valence-electron chi connectivity index (χ2n) is 5.75. The SMILES string of the molecule is Cc1nnc2n1C[C@@H](N[C@H](C)C(=O)Nc1ccc(Cl)cn1)CC2. The number of halogens is 1. The van der Waals surface area contributed by atoms with Gasteiger partial charge in [-0.1, -0.05) is 11.6 Å². The van der Waals surface area contributed by atoms with Crippen LogP contribution >= 0.6 is 11.6 Å². The smallest absolute Gasteiger partial charge is 0.242 e. The third-order valence-corrected chi connectivity index (χ3v) is 4.21. The Balaban J connectivity index is 1.56. The van der Waals surface area contributed by atoms with Crippen molar-refractivity contribution in [3.8, 4) is 0 Å². The highest BCUT2D eigenvalue weighted by atomic mass is 35.5. The third kappa shape index (κ3) is 3.68. The molecule has 1 aliphatic heterocycles. The molecular weight excluding hydrogens is 316 g/mol. The quantitative estimate of drug-likeness (QED) is 0.886. The van der Waals surface area contributed by atoms with Crippen molar-refractivity contribution in [3.63, 3.8) is 0 Å². The molecule has 2 atom stereocenters. The Hall–Kier alpha value is -1.99. The second kappa shape index (κ2) is 6.64. The molecule has 0 spiro atoms. The topological polar surface area (TPSA) is 84.7 Å². The van der Waals surface area contributed by atoms with E-state index in [1.807, 2.05) is 13.8 Å². The molecule has 23 heavy (non-hydrogen) atoms. The van der Waals surface area contributed by atoms with E-state index in [1.165, 1.54) is 6.20 Å². The average molecular weight is 335 g/mol. The lowest BCUT2D eigenvalue weighted by Crippen LogP contribution is -2.47. The van der Waals surface area contributed by atoms with Crippen LogP contribution in [0.4, 0.5) is 5.82 Å². The zero-order chi connectivity index (χ0) is 16.4. The largest absolute Gasteiger partial charge is 0.314 e. The molecule has 0 radical (unpaired) electrons. The molecule has 0 unspecified atom stereocenters. The van der Waals surface area contributed by atoms with Crippen LogP contribution in [-0.4, -0.2) is 37.7 Å². The van der Waals surface area contributed by atoms with Gasteiger partial charge in [0.1, 0.15) is 17.5 Å². The molecule has 0 saturated carbocycles. The van der Waals surface area contributed by atoms with Crippen LogP contribution in [0.3, 0.4) is 0 Å². The minimum atomic E-state index is -0.323. The number of amides is 1. The van der Waals surface area contributed by atoms with Crippen molar-refractivity contribution in [2.45, 2.75) is 45.3 Å². The average Bonchev–Trinajstić information content (AvgIpc) is 2.90. The first-order chi connectivity index (χ1) is 11.0. The van der Waals surface area contributed by atoms with Gasteiger partial charge in [0.05, 0.1) is 11.1 Å². The van der Waals surface area contributed by atoms with Gasteiger partial charge >= 0.3 is 0 Å². The molecule has 8 heteroatoms. The van der Waals surface area contributed by atoms with Gasteiger partial charge in [-0.15, -0.1) is 10.2 Å². The molecule has 2 aromatic rings. The predicted octanol–water partition coefficient (Wildman–Crippen LogP) is 1.57. The fourth-order valence-electron chi connectivity index (χ4n) is 2.71. The van der Waals surface area contributed by atoms with Crippen LogP contribution in [0.2, 0.25) is 5.02 Å². The van der Waals surface area contributed by atoms with E-state index in [9.17, 15) is 4.79 Å². The van der Waals surface area contributed by atoms with Crippen molar-refractivity contribution in [3.05, 3.63) is 35.0 Å². The van der Waals surface area contributed by atoms with Crippen LogP contribution < -0.4 is 10.6 Å². The second-order valence-corrected chi connectivity index (χ2v) is 6.19. The standard InChI is InChI=1S/C15H19ClN6O/c1-9(15(23)19-13-5-3-11(16)7-17-13)18-12-4-6-14-21-20-10(2)22(14)8-12/h3,5,7,9,12,18H,4,6,8H2,1-2H3,(H,17,19,23)/t9-,12+/m1/s1. The summed E-state index contributed by atoms with van der Waals surface area (Å²) in [6.45, 7) is 4.58. The van der Waals surface area contributed by atoms with Crippen LogP contribution in [0.1, 0.15) is 25.0 Å². The Morgan fingerprint density at radius 3 is 3.00 bits per heavy atom. The monoisotopic (exact) mass is 334 g/mol. The van der Waals surface area contributed by atoms with Crippen LogP contribution in [0.15, 0.2) is 18.3 Å². The molecule has 1 amide bonds. The number of aromatic nitrogens is 4. The van der Waals surface area contributed by atoms with E-state index in [0.717, 1.165) is 31.0 Å². The minimum Gasteiger partial charge on any atom is -0.314 e. The molecule has 0 fully saturated rings. The maximum Gasteiger partial charge on any atom is 0.242 e. The maximum absolute atomic E-state index is 12.3. The van der Waals surface area contributed by atoms with Gasteiger partial charge in [-0.2, -0.15) is 0 Å². The summed E-state index contributed by atoms with van der Waals surface area (Å²) in [6, 6.07) is 3.27. The summed E-state index contributed by atoms with van der Waals surface area (Å²) >= 11 is 5.78. The first-order valence-electron chi connectivity index (χ1n) is 7.60. The fourth-order valence-corrected chi connectivity index (χ4v) is 2.82. The maximum atomic E-state index is 12.3. The van der Waals surface area contributed by atoms with Gasteiger partial charge in [-0.05, 0) is 32.4 Å². The minimum absolute atomic E-state index is 0.119. The van der Waals surface area contributed by atoms with Gasteiger partial charge in [0.25, 0.3) is 0 Å². The van der Waals surface area contributed by atoms with Gasteiger partial charge in [-0.3, -0.25) is 4.79 Å². The van der Waals surface area contributed by atoms with E-state index in [4.69, 9.17) is 11.6 Å². The summed E-state index contributed by atoms with van der Waals surface area (Å²) in [5.74, 6) is 2.30. The number of hydrogen-bond donors (Lipinski definition) is 2. The highest BCUT2D eigenvalue weighted by Gasteiger charge is 2.24. The summed E-state index contributed by atoms with van der Waals surface area (Å²) in [7, 11) is 0. The Morgan fingerprint density at radius 2 is 2.26 bits per heavy atom. The lowest BCUT2D eigenvalue weighted by atomic mass is 10.1. The van der Waals surface area contributed by atoms with Crippen LogP contribution in [-0.2, 0) is 17.8 Å². The van der Waals surface area contributed by atoms with Crippen molar-refractivity contribution in [1.82, 2.24) is 25.1 Å². The van der Waals surface area contributed by atoms with E-state index in [-0.39, 0.29) is 18.0 Å². The summed E-state index contributed by atoms with van der Waals surface area (Å²) in [5.41, 5.74) is 0. The fraction of sp³-hybridized carbons (Fsp3) is 0.467. The molecule has 2 aromatic heterocycles. The number of nitrogens with zero attached hydrogens (tertiary/aromatic N) is 4. The van der Waals surface area contributed by atoms with Crippen LogP contribution in [0.25, 0.3) is 0 Å². The summed E-state index contributed by atoms with van der Waals surface area (Å²) in [6.07, 6.45) is 3.31. The normalized spacial score (nSPS) is 18.3. The number of carbonyl (C=O) groups excluding carboxylic acids is 1. The van der Waals surface area contributed by atoms with Crippen LogP contribution in [0, 0.1) is 6.92 Å². The van der Waals surface area contributed by atoms with E-state index in [2.05, 4.69) is 30.4 Å². The molecule has 0 bridgehead atoms. The Labute approximate surface area is 139 Å². The Kier molecular flexibility index (Phi) is 4.58. The first-order valence-corrected chi connectivity index (χ1v) is 7.98. The molecule has 7 nitrogen and oxygen atoms in total. The Bertz CT molecular complexity index is 698. The Morgan fingerprint density at radius 1 is 1.43 bits per heavy atom. The molecule has 3 heterocycles. The zero-order valence-corrected chi connectivity index (χ0v) is 13.8. The van der Waals surface area contributed by atoms with Gasteiger partial charge in [0, 0.05) is 25.2 Å². The third-order valence-electron chi connectivity index (χ3n) is 3.99. The van der Waals surface area contributed by atoms with Crippen molar-refractivity contribution in [2.75, 3.05) is 5.32 Å². The molecule has 3 rings (SSSR count). The van der Waals surface area contributed by atoms with Crippen molar-refractivity contribution in [2.24, 2.45) is 0 Å². The molecule has 2 N–H and O–H groups in total. The molecule has 0 saturated heterocycles. The zero-order valence-electron chi connectivity index (χ0n) is 13.1. The van der Waals surface area contributed by atoms with E-state index in [1.54, 1.807) is 12.1 Å². The highest BCUT2D eigenvalue weighted by molar-refractivity contribution is 6.30. The number of rotatable bonds is 4. The van der Waals surface area contributed by atoms with Crippen molar-refractivity contribution < 1.29 is 4.79 Å².